The topological polar surface area (TPSA) is 24.9 Å². The highest BCUT2D eigenvalue weighted by Crippen LogP contribution is 2.33. The molecule has 19 heavy (non-hydrogen) atoms. The summed E-state index contributed by atoms with van der Waals surface area (Å²) >= 11 is 7.90. The Balaban J connectivity index is 2.00. The van der Waals surface area contributed by atoms with Crippen molar-refractivity contribution in [1.29, 1.82) is 0 Å². The van der Waals surface area contributed by atoms with Crippen LogP contribution in [0, 0.1) is 0 Å². The lowest BCUT2D eigenvalue weighted by Gasteiger charge is -1.99. The number of rotatable bonds is 3. The van der Waals surface area contributed by atoms with Gasteiger partial charge in [-0.3, -0.25) is 0 Å². The lowest BCUT2D eigenvalue weighted by molar-refractivity contribution is 1.15. The van der Waals surface area contributed by atoms with E-state index >= 15 is 0 Å². The minimum Gasteiger partial charge on any atom is -0.332 e. The van der Waals surface area contributed by atoms with Gasteiger partial charge in [0.25, 0.3) is 0 Å². The van der Waals surface area contributed by atoms with Gasteiger partial charge in [0.15, 0.2) is 5.13 Å². The molecular weight excluding hydrogens is 276 g/mol. The summed E-state index contributed by atoms with van der Waals surface area (Å²) in [6.45, 7) is 2.13. The fraction of sp³-hybridized carbons (Fsp3) is 0.133. The summed E-state index contributed by atoms with van der Waals surface area (Å²) in [5.74, 6) is 0. The van der Waals surface area contributed by atoms with Gasteiger partial charge in [-0.05, 0) is 36.2 Å². The standard InChI is InChI=1S/C15H13ClN2S/c1-2-10-8-12(16)14-13(9-10)19-15(18-14)17-11-6-4-3-5-7-11/h3-9H,2H2,1H3,(H,17,18). The molecule has 0 saturated heterocycles. The van der Waals surface area contributed by atoms with Gasteiger partial charge < -0.3 is 5.32 Å². The Kier molecular flexibility index (Phi) is 3.40. The van der Waals surface area contributed by atoms with E-state index in [-0.39, 0.29) is 0 Å². The smallest absolute Gasteiger partial charge is 0.188 e. The molecule has 3 aromatic rings. The van der Waals surface area contributed by atoms with Crippen LogP contribution in [0.4, 0.5) is 10.8 Å². The van der Waals surface area contributed by atoms with Crippen LogP contribution in [0.5, 0.6) is 0 Å². The zero-order valence-electron chi connectivity index (χ0n) is 10.5. The molecule has 0 bridgehead atoms. The molecule has 0 spiro atoms. The fourth-order valence-electron chi connectivity index (χ4n) is 1.94. The minimum atomic E-state index is 0.728. The molecule has 0 aliphatic carbocycles. The molecule has 0 saturated carbocycles. The highest BCUT2D eigenvalue weighted by molar-refractivity contribution is 7.22. The molecule has 2 nitrogen and oxygen atoms in total. The molecule has 0 unspecified atom stereocenters. The molecule has 3 rings (SSSR count). The molecule has 0 aliphatic rings. The summed E-state index contributed by atoms with van der Waals surface area (Å²) in [5, 5.41) is 4.91. The van der Waals surface area contributed by atoms with E-state index < -0.39 is 0 Å². The number of para-hydroxylation sites is 1. The van der Waals surface area contributed by atoms with E-state index in [0.29, 0.717) is 0 Å². The predicted molar refractivity (Wildman–Crippen MR) is 83.7 cm³/mol. The number of nitrogens with one attached hydrogen (secondary N) is 1. The molecule has 4 heteroatoms. The van der Waals surface area contributed by atoms with Crippen molar-refractivity contribution >= 4 is 44.0 Å². The van der Waals surface area contributed by atoms with Crippen molar-refractivity contribution in [3.8, 4) is 0 Å². The number of hydrogen-bond acceptors (Lipinski definition) is 3. The van der Waals surface area contributed by atoms with Crippen molar-refractivity contribution in [3.05, 3.63) is 53.1 Å². The zero-order chi connectivity index (χ0) is 13.2. The second-order valence-electron chi connectivity index (χ2n) is 4.29. The number of halogens is 1. The van der Waals surface area contributed by atoms with Crippen LogP contribution in [-0.2, 0) is 6.42 Å². The van der Waals surface area contributed by atoms with Crippen molar-refractivity contribution in [2.24, 2.45) is 0 Å². The monoisotopic (exact) mass is 288 g/mol. The third-order valence-corrected chi connectivity index (χ3v) is 4.15. The molecule has 0 radical (unpaired) electrons. The average Bonchev–Trinajstić information content (AvgIpc) is 2.83. The molecule has 0 amide bonds. The van der Waals surface area contributed by atoms with Gasteiger partial charge in [-0.25, -0.2) is 4.98 Å². The highest BCUT2D eigenvalue weighted by atomic mass is 35.5. The lowest BCUT2D eigenvalue weighted by atomic mass is 10.2. The van der Waals surface area contributed by atoms with Crippen LogP contribution < -0.4 is 5.32 Å². The normalized spacial score (nSPS) is 10.8. The van der Waals surface area contributed by atoms with Gasteiger partial charge in [0, 0.05) is 5.69 Å². The zero-order valence-corrected chi connectivity index (χ0v) is 12.1. The van der Waals surface area contributed by atoms with Crippen molar-refractivity contribution in [2.45, 2.75) is 13.3 Å². The Morgan fingerprint density at radius 2 is 2.00 bits per heavy atom. The number of thiazole rings is 1. The molecular formula is C15H13ClN2S. The summed E-state index contributed by atoms with van der Waals surface area (Å²) in [6.07, 6.45) is 0.981. The number of anilines is 2. The predicted octanol–water partition coefficient (Wildman–Crippen LogP) is 5.26. The minimum absolute atomic E-state index is 0.728. The van der Waals surface area contributed by atoms with E-state index in [1.807, 2.05) is 36.4 Å². The van der Waals surface area contributed by atoms with E-state index in [4.69, 9.17) is 11.6 Å². The molecule has 1 heterocycles. The second-order valence-corrected chi connectivity index (χ2v) is 5.73. The molecule has 2 aromatic carbocycles. The SMILES string of the molecule is CCc1cc(Cl)c2nc(Nc3ccccc3)sc2c1. The van der Waals surface area contributed by atoms with Crippen LogP contribution in [0.1, 0.15) is 12.5 Å². The lowest BCUT2D eigenvalue weighted by Crippen LogP contribution is -1.87. The number of fused-ring (bicyclic) bond motifs is 1. The van der Waals surface area contributed by atoms with Crippen molar-refractivity contribution in [3.63, 3.8) is 0 Å². The van der Waals surface area contributed by atoms with Crippen LogP contribution in [0.25, 0.3) is 10.2 Å². The van der Waals surface area contributed by atoms with Crippen molar-refractivity contribution in [2.75, 3.05) is 5.32 Å². The summed E-state index contributed by atoms with van der Waals surface area (Å²) in [5.41, 5.74) is 3.16. The van der Waals surface area contributed by atoms with Crippen LogP contribution in [0.2, 0.25) is 5.02 Å². The van der Waals surface area contributed by atoms with Crippen molar-refractivity contribution in [1.82, 2.24) is 4.98 Å². The Morgan fingerprint density at radius 3 is 2.74 bits per heavy atom. The van der Waals surface area contributed by atoms with Crippen LogP contribution in [-0.4, -0.2) is 4.98 Å². The van der Waals surface area contributed by atoms with Gasteiger partial charge in [-0.15, -0.1) is 0 Å². The van der Waals surface area contributed by atoms with E-state index in [9.17, 15) is 0 Å². The second kappa shape index (κ2) is 5.19. The highest BCUT2D eigenvalue weighted by Gasteiger charge is 2.08. The Hall–Kier alpha value is -1.58. The summed E-state index contributed by atoms with van der Waals surface area (Å²) in [6, 6.07) is 14.2. The van der Waals surface area contributed by atoms with Gasteiger partial charge in [-0.1, -0.05) is 48.1 Å². The molecule has 1 N–H and O–H groups in total. The van der Waals surface area contributed by atoms with Gasteiger partial charge in [-0.2, -0.15) is 0 Å². The van der Waals surface area contributed by atoms with Crippen LogP contribution in [0.3, 0.4) is 0 Å². The maximum Gasteiger partial charge on any atom is 0.188 e. The number of aryl methyl sites for hydroxylation is 1. The van der Waals surface area contributed by atoms with Crippen LogP contribution in [0.15, 0.2) is 42.5 Å². The Bertz CT molecular complexity index is 707. The van der Waals surface area contributed by atoms with Crippen molar-refractivity contribution < 1.29 is 0 Å². The molecule has 0 atom stereocenters. The summed E-state index contributed by atoms with van der Waals surface area (Å²) < 4.78 is 1.13. The third kappa shape index (κ3) is 2.57. The number of aromatic nitrogens is 1. The quantitative estimate of drug-likeness (QED) is 0.711. The average molecular weight is 289 g/mol. The van der Waals surface area contributed by atoms with E-state index in [0.717, 1.165) is 32.5 Å². The first kappa shape index (κ1) is 12.5. The molecule has 0 aliphatic heterocycles. The van der Waals surface area contributed by atoms with E-state index in [2.05, 4.69) is 23.3 Å². The fourth-order valence-corrected chi connectivity index (χ4v) is 3.26. The van der Waals surface area contributed by atoms with Gasteiger partial charge in [0.2, 0.25) is 0 Å². The Morgan fingerprint density at radius 1 is 1.21 bits per heavy atom. The van der Waals surface area contributed by atoms with Crippen LogP contribution >= 0.6 is 22.9 Å². The number of benzene rings is 2. The van der Waals surface area contributed by atoms with E-state index in [1.54, 1.807) is 11.3 Å². The summed E-state index contributed by atoms with van der Waals surface area (Å²) in [4.78, 5) is 4.56. The number of nitrogens with zero attached hydrogens (tertiary/aromatic N) is 1. The first-order valence-corrected chi connectivity index (χ1v) is 7.36. The van der Waals surface area contributed by atoms with E-state index in [1.165, 1.54) is 5.56 Å². The third-order valence-electron chi connectivity index (χ3n) is 2.94. The first-order valence-electron chi connectivity index (χ1n) is 6.17. The maximum absolute atomic E-state index is 6.27. The first-order chi connectivity index (χ1) is 9.26. The largest absolute Gasteiger partial charge is 0.332 e. The molecule has 96 valence electrons. The molecule has 1 aromatic heterocycles. The number of hydrogen-bond donors (Lipinski definition) is 1. The van der Waals surface area contributed by atoms with Gasteiger partial charge in [0.1, 0.15) is 5.52 Å². The maximum atomic E-state index is 6.27. The summed E-state index contributed by atoms with van der Waals surface area (Å²) in [7, 11) is 0. The van der Waals surface area contributed by atoms with Gasteiger partial charge in [0.05, 0.1) is 9.72 Å². The van der Waals surface area contributed by atoms with Gasteiger partial charge >= 0.3 is 0 Å². The Labute approximate surface area is 121 Å². The molecule has 0 fully saturated rings.